The number of hydrogen-bond acceptors (Lipinski definition) is 12. The van der Waals surface area contributed by atoms with E-state index in [2.05, 4.69) is 18.1 Å². The van der Waals surface area contributed by atoms with Gasteiger partial charge >= 0.3 is 29.2 Å². The zero-order valence-electron chi connectivity index (χ0n) is 16.0. The van der Waals surface area contributed by atoms with E-state index in [1.165, 1.54) is 12.3 Å². The van der Waals surface area contributed by atoms with Crippen LogP contribution >= 0.6 is 23.5 Å². The van der Waals surface area contributed by atoms with Gasteiger partial charge in [-0.05, 0) is 0 Å². The van der Waals surface area contributed by atoms with Crippen molar-refractivity contribution >= 4 is 35.4 Å². The molecule has 0 bridgehead atoms. The van der Waals surface area contributed by atoms with Gasteiger partial charge in [0.25, 0.3) is 0 Å². The molecule has 20 heteroatoms. The quantitative estimate of drug-likeness (QED) is 0.177. The monoisotopic (exact) mass is 522 g/mol. The van der Waals surface area contributed by atoms with Gasteiger partial charge in [-0.2, -0.15) is 13.6 Å². The Kier molecular flexibility index (Phi) is 8.70. The second-order valence-electron chi connectivity index (χ2n) is 6.23. The fourth-order valence-corrected chi connectivity index (χ4v) is 5.56. The van der Waals surface area contributed by atoms with E-state index in [0.717, 1.165) is 4.57 Å². The maximum Gasteiger partial charge on any atom is 0.490 e. The number of anilines is 1. The van der Waals surface area contributed by atoms with Crippen molar-refractivity contribution in [2.45, 2.75) is 24.9 Å². The summed E-state index contributed by atoms with van der Waals surface area (Å²) in [6.45, 7) is -0.682. The molecule has 0 amide bonds. The molecular formula is C12H21N4O13P3. The van der Waals surface area contributed by atoms with Crippen LogP contribution in [0.15, 0.2) is 17.1 Å². The van der Waals surface area contributed by atoms with Crippen molar-refractivity contribution in [1.82, 2.24) is 9.55 Å². The highest BCUT2D eigenvalue weighted by Crippen LogP contribution is 2.66. The van der Waals surface area contributed by atoms with Crippen LogP contribution in [0, 0.1) is 0 Å². The molecule has 1 fully saturated rings. The van der Waals surface area contributed by atoms with E-state index in [9.17, 15) is 28.5 Å². The molecule has 1 saturated heterocycles. The lowest BCUT2D eigenvalue weighted by Crippen LogP contribution is -2.29. The molecule has 2 unspecified atom stereocenters. The molecule has 0 radical (unpaired) electrons. The molecular weight excluding hydrogens is 501 g/mol. The van der Waals surface area contributed by atoms with E-state index in [4.69, 9.17) is 30.9 Å². The van der Waals surface area contributed by atoms with Gasteiger partial charge < -0.3 is 40.9 Å². The number of aliphatic hydroxyl groups is 1. The normalized spacial score (nSPS) is 25.6. The molecule has 182 valence electrons. The van der Waals surface area contributed by atoms with Crippen molar-refractivity contribution in [2.24, 2.45) is 5.73 Å². The van der Waals surface area contributed by atoms with Gasteiger partial charge in [0, 0.05) is 24.7 Å². The molecule has 1 aromatic rings. The Bertz CT molecular complexity index is 1060. The molecule has 0 saturated carbocycles. The summed E-state index contributed by atoms with van der Waals surface area (Å²) >= 11 is 0. The molecule has 17 nitrogen and oxygen atoms in total. The summed E-state index contributed by atoms with van der Waals surface area (Å²) in [5.74, 6) is -0.0706. The number of aliphatic hydroxyl groups excluding tert-OH is 1. The average molecular weight is 522 g/mol. The lowest BCUT2D eigenvalue weighted by molar-refractivity contribution is -0.0449. The number of aromatic nitrogens is 2. The van der Waals surface area contributed by atoms with E-state index >= 15 is 0 Å². The number of nitrogen functional groups attached to an aromatic ring is 1. The molecule has 2 rings (SSSR count). The molecule has 2 heterocycles. The van der Waals surface area contributed by atoms with Crippen LogP contribution in [0.2, 0.25) is 0 Å². The number of nitrogens with zero attached hydrogens (tertiary/aromatic N) is 2. The summed E-state index contributed by atoms with van der Waals surface area (Å²) < 4.78 is 51.7. The minimum absolute atomic E-state index is 0.0706. The predicted octanol–water partition coefficient (Wildman–Crippen LogP) is -1.21. The van der Waals surface area contributed by atoms with Gasteiger partial charge in [-0.1, -0.05) is 12.2 Å². The fourth-order valence-electron chi connectivity index (χ4n) is 2.53. The molecule has 1 aromatic heterocycles. The van der Waals surface area contributed by atoms with Crippen LogP contribution in [-0.4, -0.2) is 59.6 Å². The lowest BCUT2D eigenvalue weighted by atomic mass is 10.2. The minimum atomic E-state index is -5.68. The number of ether oxygens (including phenoxy) is 1. The van der Waals surface area contributed by atoms with Crippen molar-refractivity contribution in [3.63, 3.8) is 0 Å². The predicted molar refractivity (Wildman–Crippen MR) is 105 cm³/mol. The second kappa shape index (κ2) is 10.3. The Morgan fingerprint density at radius 2 is 1.88 bits per heavy atom. The first-order chi connectivity index (χ1) is 14.6. The van der Waals surface area contributed by atoms with Crippen molar-refractivity contribution < 1.29 is 56.3 Å². The van der Waals surface area contributed by atoms with Crippen LogP contribution in [0.25, 0.3) is 6.08 Å². The van der Waals surface area contributed by atoms with Gasteiger partial charge in [-0.15, -0.1) is 0 Å². The Balaban J connectivity index is 2.07. The third kappa shape index (κ3) is 7.93. The van der Waals surface area contributed by atoms with E-state index in [-0.39, 0.29) is 18.8 Å². The van der Waals surface area contributed by atoms with E-state index in [1.54, 1.807) is 6.08 Å². The molecule has 5 atom stereocenters. The van der Waals surface area contributed by atoms with Gasteiger partial charge in [-0.3, -0.25) is 9.09 Å². The number of nitrogens with two attached hydrogens (primary N) is 2. The number of hydrogen-bond donors (Lipinski definition) is 7. The van der Waals surface area contributed by atoms with Crippen molar-refractivity contribution in [3.05, 3.63) is 28.3 Å². The Labute approximate surface area is 179 Å². The van der Waals surface area contributed by atoms with Crippen molar-refractivity contribution in [3.8, 4) is 0 Å². The summed E-state index contributed by atoms with van der Waals surface area (Å²) in [4.78, 5) is 51.4. The Hall–Kier alpha value is -1.29. The Morgan fingerprint density at radius 1 is 1.22 bits per heavy atom. The van der Waals surface area contributed by atoms with Crippen LogP contribution < -0.4 is 17.2 Å². The highest BCUT2D eigenvalue weighted by atomic mass is 31.3. The zero-order valence-corrected chi connectivity index (χ0v) is 18.7. The van der Waals surface area contributed by atoms with Gasteiger partial charge in [0.15, 0.2) is 0 Å². The molecule has 9 N–H and O–H groups in total. The van der Waals surface area contributed by atoms with E-state index in [1.807, 2.05) is 0 Å². The number of rotatable bonds is 10. The fraction of sp³-hybridized carbons (Fsp3) is 0.500. The van der Waals surface area contributed by atoms with E-state index < -0.39 is 54.2 Å². The number of phosphoric ester groups is 1. The first-order valence-corrected chi connectivity index (χ1v) is 13.0. The van der Waals surface area contributed by atoms with Crippen LogP contribution in [-0.2, 0) is 31.6 Å². The van der Waals surface area contributed by atoms with Crippen LogP contribution in [0.5, 0.6) is 0 Å². The van der Waals surface area contributed by atoms with E-state index in [0.29, 0.717) is 5.56 Å². The summed E-state index contributed by atoms with van der Waals surface area (Å²) in [5.41, 5.74) is 10.6. The average Bonchev–Trinajstić information content (AvgIpc) is 2.97. The SMILES string of the molecule is NCC=Cc1cn([C@H]2C[C@H](O)[C@@H](COP(=O)(O)OP(=O)(O)OP(=O)(O)O)O2)c(=O)nc1N. The number of phosphoric acid groups is 3. The smallest absolute Gasteiger partial charge is 0.390 e. The molecule has 1 aliphatic rings. The van der Waals surface area contributed by atoms with Gasteiger partial charge in [0.1, 0.15) is 18.1 Å². The molecule has 0 spiro atoms. The first-order valence-electron chi connectivity index (χ1n) is 8.49. The largest absolute Gasteiger partial charge is 0.490 e. The van der Waals surface area contributed by atoms with Crippen LogP contribution in [0.3, 0.4) is 0 Å². The summed E-state index contributed by atoms with van der Waals surface area (Å²) in [6, 6.07) is 0. The topological polar surface area (TPSA) is 276 Å². The zero-order chi connectivity index (χ0) is 24.3. The third-order valence-corrected chi connectivity index (χ3v) is 7.58. The lowest BCUT2D eigenvalue weighted by Gasteiger charge is -2.19. The summed E-state index contributed by atoms with van der Waals surface area (Å²) in [6.07, 6.45) is 0.492. The molecule has 32 heavy (non-hydrogen) atoms. The third-order valence-electron chi connectivity index (χ3n) is 3.78. The molecule has 0 aliphatic carbocycles. The first kappa shape index (κ1) is 27.0. The Morgan fingerprint density at radius 3 is 2.47 bits per heavy atom. The van der Waals surface area contributed by atoms with Crippen molar-refractivity contribution in [2.75, 3.05) is 18.9 Å². The molecule has 1 aliphatic heterocycles. The highest BCUT2D eigenvalue weighted by Gasteiger charge is 2.43. The highest BCUT2D eigenvalue weighted by molar-refractivity contribution is 7.66. The van der Waals surface area contributed by atoms with Gasteiger partial charge in [0.2, 0.25) is 0 Å². The van der Waals surface area contributed by atoms with Gasteiger partial charge in [-0.25, -0.2) is 18.5 Å². The second-order valence-corrected chi connectivity index (χ2v) is 10.6. The minimum Gasteiger partial charge on any atom is -0.390 e. The summed E-state index contributed by atoms with van der Waals surface area (Å²) in [5, 5.41) is 10.1. The summed E-state index contributed by atoms with van der Waals surface area (Å²) in [7, 11) is -16.6. The van der Waals surface area contributed by atoms with Crippen LogP contribution in [0.1, 0.15) is 18.2 Å². The van der Waals surface area contributed by atoms with Crippen molar-refractivity contribution in [1.29, 1.82) is 0 Å². The maximum atomic E-state index is 12.1. The standard InChI is InChI=1S/C12H21N4O13P3/c13-3-1-2-7-5-16(12(18)15-11(7)14)10-4-8(17)9(27-10)6-26-31(22,23)29-32(24,25)28-30(19,20)21/h1-2,5,8-10,17H,3-4,6,13H2,(H,22,23)(H,24,25)(H2,14,15,18)(H2,19,20,21)/t8-,9+,10+/m0/s1. The van der Waals surface area contributed by atoms with Gasteiger partial charge in [0.05, 0.1) is 12.7 Å². The van der Waals surface area contributed by atoms with Crippen LogP contribution in [0.4, 0.5) is 5.82 Å². The molecule has 0 aromatic carbocycles. The maximum absolute atomic E-state index is 12.1.